The van der Waals surface area contributed by atoms with Crippen LogP contribution >= 0.6 is 0 Å². The van der Waals surface area contributed by atoms with Gasteiger partial charge in [0.05, 0.1) is 31.3 Å². The van der Waals surface area contributed by atoms with Crippen molar-refractivity contribution in [1.29, 1.82) is 0 Å². The van der Waals surface area contributed by atoms with Gasteiger partial charge in [-0.3, -0.25) is 0 Å². The molecule has 0 aliphatic rings. The van der Waals surface area contributed by atoms with Crippen LogP contribution in [0.15, 0.2) is 47.4 Å². The Hall–Kier alpha value is -2.58. The van der Waals surface area contributed by atoms with E-state index in [9.17, 15) is 13.2 Å². The normalized spacial score (nSPS) is 11.3. The zero-order chi connectivity index (χ0) is 20.7. The Balaban J connectivity index is 2.26. The number of nitrogens with zero attached hydrogens (tertiary/aromatic N) is 1. The Labute approximate surface area is 165 Å². The lowest BCUT2D eigenvalue weighted by molar-refractivity contribution is 0.0526. The molecule has 0 atom stereocenters. The van der Waals surface area contributed by atoms with Crippen LogP contribution in [-0.2, 0) is 21.3 Å². The molecule has 7 nitrogen and oxygen atoms in total. The Morgan fingerprint density at radius 2 is 1.61 bits per heavy atom. The van der Waals surface area contributed by atoms with Gasteiger partial charge < -0.3 is 14.2 Å². The smallest absolute Gasteiger partial charge is 0.338 e. The molecule has 28 heavy (non-hydrogen) atoms. The Bertz CT molecular complexity index is 909. The minimum absolute atomic E-state index is 0.114. The summed E-state index contributed by atoms with van der Waals surface area (Å²) in [5.41, 5.74) is 1.08. The van der Waals surface area contributed by atoms with Crippen LogP contribution < -0.4 is 9.47 Å². The van der Waals surface area contributed by atoms with Crippen molar-refractivity contribution < 1.29 is 27.4 Å². The molecule has 2 aromatic rings. The van der Waals surface area contributed by atoms with E-state index < -0.39 is 16.0 Å². The van der Waals surface area contributed by atoms with Crippen LogP contribution in [0.5, 0.6) is 11.5 Å². The van der Waals surface area contributed by atoms with Crippen molar-refractivity contribution in [3.63, 3.8) is 0 Å². The van der Waals surface area contributed by atoms with Gasteiger partial charge in [0.15, 0.2) is 11.5 Å². The lowest BCUT2D eigenvalue weighted by atomic mass is 10.2. The highest BCUT2D eigenvalue weighted by atomic mass is 32.2. The van der Waals surface area contributed by atoms with Crippen molar-refractivity contribution in [3.8, 4) is 11.5 Å². The first-order chi connectivity index (χ1) is 13.4. The molecule has 0 aliphatic carbocycles. The number of sulfonamides is 1. The standard InChI is InChI=1S/C20H25NO6S/c1-5-21(14-15-7-12-18(25-3)19(13-15)26-4)28(23,24)17-10-8-16(9-11-17)20(22)27-6-2/h7-13H,5-6,14H2,1-4H3. The topological polar surface area (TPSA) is 82.1 Å². The largest absolute Gasteiger partial charge is 0.493 e. The fourth-order valence-corrected chi connectivity index (χ4v) is 4.11. The molecule has 0 unspecified atom stereocenters. The molecule has 2 aromatic carbocycles. The maximum atomic E-state index is 13.0. The number of benzene rings is 2. The number of hydrogen-bond donors (Lipinski definition) is 0. The zero-order valence-corrected chi connectivity index (χ0v) is 17.3. The summed E-state index contributed by atoms with van der Waals surface area (Å²) in [4.78, 5) is 11.9. The van der Waals surface area contributed by atoms with Gasteiger partial charge in [0, 0.05) is 13.1 Å². The first kappa shape index (κ1) is 21.7. The van der Waals surface area contributed by atoms with Gasteiger partial charge in [-0.25, -0.2) is 13.2 Å². The van der Waals surface area contributed by atoms with Gasteiger partial charge in [-0.05, 0) is 48.9 Å². The second-order valence-corrected chi connectivity index (χ2v) is 7.80. The lowest BCUT2D eigenvalue weighted by Gasteiger charge is -2.21. The molecule has 0 heterocycles. The van der Waals surface area contributed by atoms with Gasteiger partial charge in [-0.1, -0.05) is 13.0 Å². The summed E-state index contributed by atoms with van der Waals surface area (Å²) in [6.45, 7) is 4.21. The molecule has 0 aliphatic heterocycles. The summed E-state index contributed by atoms with van der Waals surface area (Å²) in [5, 5.41) is 0. The second kappa shape index (κ2) is 9.57. The molecule has 0 amide bonds. The van der Waals surface area contributed by atoms with Crippen molar-refractivity contribution in [2.45, 2.75) is 25.3 Å². The molecule has 0 saturated heterocycles. The fraction of sp³-hybridized carbons (Fsp3) is 0.350. The van der Waals surface area contributed by atoms with Crippen molar-refractivity contribution in [2.24, 2.45) is 0 Å². The summed E-state index contributed by atoms with van der Waals surface area (Å²) in [7, 11) is -0.659. The van der Waals surface area contributed by atoms with Crippen LogP contribution in [0.3, 0.4) is 0 Å². The van der Waals surface area contributed by atoms with Gasteiger partial charge in [0.25, 0.3) is 0 Å². The molecule has 0 aromatic heterocycles. The van der Waals surface area contributed by atoms with Gasteiger partial charge in [0.2, 0.25) is 10.0 Å². The van der Waals surface area contributed by atoms with Crippen LogP contribution in [0.4, 0.5) is 0 Å². The number of ether oxygens (including phenoxy) is 3. The van der Waals surface area contributed by atoms with E-state index in [0.29, 0.717) is 17.1 Å². The molecule has 0 saturated carbocycles. The van der Waals surface area contributed by atoms with Crippen molar-refractivity contribution in [2.75, 3.05) is 27.4 Å². The maximum Gasteiger partial charge on any atom is 0.338 e. The van der Waals surface area contributed by atoms with Crippen LogP contribution in [-0.4, -0.2) is 46.1 Å². The van der Waals surface area contributed by atoms with E-state index in [1.807, 2.05) is 0 Å². The van der Waals surface area contributed by atoms with E-state index in [1.54, 1.807) is 39.2 Å². The van der Waals surface area contributed by atoms with Crippen LogP contribution in [0.2, 0.25) is 0 Å². The number of methoxy groups -OCH3 is 2. The number of carbonyl (C=O) groups excluding carboxylic acids is 1. The average molecular weight is 407 g/mol. The molecule has 0 bridgehead atoms. The lowest BCUT2D eigenvalue weighted by Crippen LogP contribution is -2.30. The third kappa shape index (κ3) is 4.82. The Morgan fingerprint density at radius 1 is 0.964 bits per heavy atom. The van der Waals surface area contributed by atoms with Crippen LogP contribution in [0.25, 0.3) is 0 Å². The van der Waals surface area contributed by atoms with Crippen molar-refractivity contribution in [3.05, 3.63) is 53.6 Å². The highest BCUT2D eigenvalue weighted by Gasteiger charge is 2.24. The van der Waals surface area contributed by atoms with E-state index >= 15 is 0 Å². The quantitative estimate of drug-likeness (QED) is 0.594. The molecule has 2 rings (SSSR count). The van der Waals surface area contributed by atoms with E-state index in [-0.39, 0.29) is 24.6 Å². The molecule has 152 valence electrons. The van der Waals surface area contributed by atoms with Gasteiger partial charge >= 0.3 is 5.97 Å². The van der Waals surface area contributed by atoms with Crippen molar-refractivity contribution >= 4 is 16.0 Å². The van der Waals surface area contributed by atoms with Gasteiger partial charge in [-0.15, -0.1) is 0 Å². The summed E-state index contributed by atoms with van der Waals surface area (Å²) < 4.78 is 42.8. The minimum Gasteiger partial charge on any atom is -0.493 e. The summed E-state index contributed by atoms with van der Waals surface area (Å²) in [6.07, 6.45) is 0. The monoisotopic (exact) mass is 407 g/mol. The third-order valence-electron chi connectivity index (χ3n) is 4.16. The minimum atomic E-state index is -3.73. The maximum absolute atomic E-state index is 13.0. The SMILES string of the molecule is CCOC(=O)c1ccc(S(=O)(=O)N(CC)Cc2ccc(OC)c(OC)c2)cc1. The van der Waals surface area contributed by atoms with E-state index in [1.165, 1.54) is 35.7 Å². The van der Waals surface area contributed by atoms with Crippen molar-refractivity contribution in [1.82, 2.24) is 4.31 Å². The zero-order valence-electron chi connectivity index (χ0n) is 16.5. The second-order valence-electron chi connectivity index (χ2n) is 5.87. The summed E-state index contributed by atoms with van der Waals surface area (Å²) in [6, 6.07) is 11.0. The number of carbonyl (C=O) groups is 1. The molecule has 0 N–H and O–H groups in total. The van der Waals surface area contributed by atoms with E-state index in [0.717, 1.165) is 5.56 Å². The van der Waals surface area contributed by atoms with Crippen LogP contribution in [0, 0.1) is 0 Å². The Morgan fingerprint density at radius 3 is 2.14 bits per heavy atom. The first-order valence-electron chi connectivity index (χ1n) is 8.85. The molecule has 8 heteroatoms. The highest BCUT2D eigenvalue weighted by Crippen LogP contribution is 2.29. The number of rotatable bonds is 9. The number of esters is 1. The van der Waals surface area contributed by atoms with E-state index in [2.05, 4.69) is 0 Å². The first-order valence-corrected chi connectivity index (χ1v) is 10.3. The number of hydrogen-bond acceptors (Lipinski definition) is 6. The fourth-order valence-electron chi connectivity index (χ4n) is 2.68. The van der Waals surface area contributed by atoms with Gasteiger partial charge in [-0.2, -0.15) is 4.31 Å². The van der Waals surface area contributed by atoms with Gasteiger partial charge in [0.1, 0.15) is 0 Å². The molecule has 0 radical (unpaired) electrons. The average Bonchev–Trinajstić information content (AvgIpc) is 2.71. The molecular formula is C20H25NO6S. The third-order valence-corrected chi connectivity index (χ3v) is 6.10. The Kier molecular flexibility index (Phi) is 7.42. The molecule has 0 spiro atoms. The van der Waals surface area contributed by atoms with Crippen LogP contribution in [0.1, 0.15) is 29.8 Å². The predicted molar refractivity (Wildman–Crippen MR) is 105 cm³/mol. The van der Waals surface area contributed by atoms with E-state index in [4.69, 9.17) is 14.2 Å². The summed E-state index contributed by atoms with van der Waals surface area (Å²) >= 11 is 0. The highest BCUT2D eigenvalue weighted by molar-refractivity contribution is 7.89. The molecule has 0 fully saturated rings. The predicted octanol–water partition coefficient (Wildman–Crippen LogP) is 3.09. The summed E-state index contributed by atoms with van der Waals surface area (Å²) in [5.74, 6) is 0.628. The molecular weight excluding hydrogens is 382 g/mol.